The van der Waals surface area contributed by atoms with E-state index in [4.69, 9.17) is 0 Å². The Morgan fingerprint density at radius 2 is 1.70 bits per heavy atom. The Morgan fingerprint density at radius 3 is 2.30 bits per heavy atom. The topological polar surface area (TPSA) is 65.5 Å². The Labute approximate surface area is 142 Å². The van der Waals surface area contributed by atoms with Crippen molar-refractivity contribution in [3.63, 3.8) is 0 Å². The van der Waals surface area contributed by atoms with Gasteiger partial charge in [0.1, 0.15) is 0 Å². The highest BCUT2D eigenvalue weighted by molar-refractivity contribution is 5.79. The van der Waals surface area contributed by atoms with Crippen LogP contribution in [0.15, 0.2) is 4.99 Å². The van der Waals surface area contributed by atoms with Crippen LogP contribution in [0.25, 0.3) is 0 Å². The zero-order valence-corrected chi connectivity index (χ0v) is 15.3. The van der Waals surface area contributed by atoms with E-state index in [9.17, 15) is 4.79 Å². The number of carbonyl (C=O) groups excluding carboxylic acids is 1. The number of amides is 1. The molecule has 0 spiro atoms. The van der Waals surface area contributed by atoms with E-state index in [-0.39, 0.29) is 5.91 Å². The number of aliphatic imine (C=N–C) groups is 1. The van der Waals surface area contributed by atoms with E-state index in [2.05, 4.69) is 34.8 Å². The van der Waals surface area contributed by atoms with E-state index in [1.54, 1.807) is 7.05 Å². The standard InChI is InChI=1S/C18H36N4O/c1-15(2)9-6-4-5-7-13-20-18(19-3)21-14-8-10-17(23)22-16-11-12-16/h15-16H,4-14H2,1-3H3,(H,22,23)(H2,19,20,21). The third-order valence-electron chi connectivity index (χ3n) is 4.04. The maximum absolute atomic E-state index is 11.6. The zero-order chi connectivity index (χ0) is 16.9. The minimum atomic E-state index is 0.179. The molecule has 0 heterocycles. The minimum Gasteiger partial charge on any atom is -0.356 e. The second-order valence-corrected chi connectivity index (χ2v) is 6.97. The number of hydrogen-bond acceptors (Lipinski definition) is 2. The molecule has 1 amide bonds. The minimum absolute atomic E-state index is 0.179. The first-order valence-electron chi connectivity index (χ1n) is 9.35. The third kappa shape index (κ3) is 11.9. The van der Waals surface area contributed by atoms with Gasteiger partial charge in [0.15, 0.2) is 5.96 Å². The Bertz CT molecular complexity index is 351. The Kier molecular flexibility index (Phi) is 10.5. The van der Waals surface area contributed by atoms with Crippen molar-refractivity contribution in [3.8, 4) is 0 Å². The molecule has 1 saturated carbocycles. The Balaban J connectivity index is 1.92. The number of nitrogens with one attached hydrogen (secondary N) is 3. The van der Waals surface area contributed by atoms with Gasteiger partial charge in [0, 0.05) is 32.6 Å². The first-order chi connectivity index (χ1) is 11.1. The van der Waals surface area contributed by atoms with Crippen LogP contribution in [0.2, 0.25) is 0 Å². The number of hydrogen-bond donors (Lipinski definition) is 3. The summed E-state index contributed by atoms with van der Waals surface area (Å²) in [5, 5.41) is 9.62. The number of rotatable bonds is 12. The SMILES string of the molecule is CN=C(NCCCCCCC(C)C)NCCCC(=O)NC1CC1. The van der Waals surface area contributed by atoms with E-state index in [1.807, 2.05) is 0 Å². The van der Waals surface area contributed by atoms with Gasteiger partial charge in [-0.15, -0.1) is 0 Å². The summed E-state index contributed by atoms with van der Waals surface area (Å²) in [6, 6.07) is 0.463. The highest BCUT2D eigenvalue weighted by Crippen LogP contribution is 2.18. The first kappa shape index (κ1) is 19.8. The predicted octanol–water partition coefficient (Wildman–Crippen LogP) is 2.82. The monoisotopic (exact) mass is 324 g/mol. The average Bonchev–Trinajstić information content (AvgIpc) is 3.31. The maximum atomic E-state index is 11.6. The van der Waals surface area contributed by atoms with Gasteiger partial charge in [-0.2, -0.15) is 0 Å². The van der Waals surface area contributed by atoms with Crippen LogP contribution in [0, 0.1) is 5.92 Å². The van der Waals surface area contributed by atoms with Crippen molar-refractivity contribution in [1.82, 2.24) is 16.0 Å². The molecule has 0 bridgehead atoms. The van der Waals surface area contributed by atoms with Gasteiger partial charge in [-0.3, -0.25) is 9.79 Å². The normalized spacial score (nSPS) is 14.9. The fraction of sp³-hybridized carbons (Fsp3) is 0.889. The van der Waals surface area contributed by atoms with Crippen LogP contribution in [0.5, 0.6) is 0 Å². The first-order valence-corrected chi connectivity index (χ1v) is 9.35. The van der Waals surface area contributed by atoms with Crippen LogP contribution in [0.4, 0.5) is 0 Å². The molecule has 1 aliphatic carbocycles. The number of carbonyl (C=O) groups is 1. The highest BCUT2D eigenvalue weighted by Gasteiger charge is 2.22. The van der Waals surface area contributed by atoms with Crippen molar-refractivity contribution in [3.05, 3.63) is 0 Å². The molecule has 0 saturated heterocycles. The molecule has 5 nitrogen and oxygen atoms in total. The smallest absolute Gasteiger partial charge is 0.220 e. The molecule has 0 aromatic carbocycles. The lowest BCUT2D eigenvalue weighted by Crippen LogP contribution is -2.38. The highest BCUT2D eigenvalue weighted by atomic mass is 16.1. The molecule has 0 radical (unpaired) electrons. The van der Waals surface area contributed by atoms with Crippen LogP contribution in [-0.2, 0) is 4.79 Å². The molecule has 1 fully saturated rings. The molecule has 0 unspecified atom stereocenters. The fourth-order valence-corrected chi connectivity index (χ4v) is 2.44. The van der Waals surface area contributed by atoms with Crippen LogP contribution in [-0.4, -0.2) is 38.0 Å². The van der Waals surface area contributed by atoms with Gasteiger partial charge in [-0.25, -0.2) is 0 Å². The summed E-state index contributed by atoms with van der Waals surface area (Å²) in [4.78, 5) is 15.8. The van der Waals surface area contributed by atoms with Crippen LogP contribution >= 0.6 is 0 Å². The maximum Gasteiger partial charge on any atom is 0.220 e. The molecule has 23 heavy (non-hydrogen) atoms. The fourth-order valence-electron chi connectivity index (χ4n) is 2.44. The lowest BCUT2D eigenvalue weighted by Gasteiger charge is -2.12. The molecule has 0 aromatic heterocycles. The van der Waals surface area contributed by atoms with Crippen molar-refractivity contribution >= 4 is 11.9 Å². The molecule has 3 N–H and O–H groups in total. The summed E-state index contributed by atoms with van der Waals surface area (Å²) in [5.74, 6) is 1.84. The lowest BCUT2D eigenvalue weighted by molar-refractivity contribution is -0.121. The van der Waals surface area contributed by atoms with Gasteiger partial charge in [0.25, 0.3) is 0 Å². The van der Waals surface area contributed by atoms with Crippen LogP contribution in [0.3, 0.4) is 0 Å². The predicted molar refractivity (Wildman–Crippen MR) is 97.7 cm³/mol. The molecule has 1 aliphatic rings. The van der Waals surface area contributed by atoms with Crippen molar-refractivity contribution in [2.24, 2.45) is 10.9 Å². The van der Waals surface area contributed by atoms with E-state index >= 15 is 0 Å². The van der Waals surface area contributed by atoms with Crippen molar-refractivity contribution in [2.75, 3.05) is 20.1 Å². The summed E-state index contributed by atoms with van der Waals surface area (Å²) in [5.41, 5.74) is 0. The largest absolute Gasteiger partial charge is 0.356 e. The lowest BCUT2D eigenvalue weighted by atomic mass is 10.0. The molecule has 134 valence electrons. The summed E-state index contributed by atoms with van der Waals surface area (Å²) in [7, 11) is 1.79. The quantitative estimate of drug-likeness (QED) is 0.294. The molecule has 1 rings (SSSR count). The summed E-state index contributed by atoms with van der Waals surface area (Å²) >= 11 is 0. The van der Waals surface area contributed by atoms with E-state index in [0.717, 1.165) is 44.2 Å². The van der Waals surface area contributed by atoms with Gasteiger partial charge < -0.3 is 16.0 Å². The second kappa shape index (κ2) is 12.2. The Hall–Kier alpha value is -1.26. The third-order valence-corrected chi connectivity index (χ3v) is 4.04. The molecule has 0 aliphatic heterocycles. The second-order valence-electron chi connectivity index (χ2n) is 6.97. The van der Waals surface area contributed by atoms with Crippen molar-refractivity contribution < 1.29 is 4.79 Å². The van der Waals surface area contributed by atoms with Crippen LogP contribution in [0.1, 0.15) is 71.6 Å². The van der Waals surface area contributed by atoms with Crippen molar-refractivity contribution in [2.45, 2.75) is 77.7 Å². The summed E-state index contributed by atoms with van der Waals surface area (Å²) in [6.07, 6.45) is 10.2. The molecular formula is C18H36N4O. The summed E-state index contributed by atoms with van der Waals surface area (Å²) in [6.45, 7) is 6.31. The van der Waals surface area contributed by atoms with E-state index in [1.165, 1.54) is 32.1 Å². The van der Waals surface area contributed by atoms with Gasteiger partial charge in [-0.05, 0) is 31.6 Å². The van der Waals surface area contributed by atoms with E-state index in [0.29, 0.717) is 12.5 Å². The summed E-state index contributed by atoms with van der Waals surface area (Å²) < 4.78 is 0. The molecule has 5 heteroatoms. The van der Waals surface area contributed by atoms with Gasteiger partial charge >= 0.3 is 0 Å². The van der Waals surface area contributed by atoms with Crippen LogP contribution < -0.4 is 16.0 Å². The van der Waals surface area contributed by atoms with E-state index < -0.39 is 0 Å². The molecule has 0 aromatic rings. The van der Waals surface area contributed by atoms with Gasteiger partial charge in [-0.1, -0.05) is 39.5 Å². The molecule has 0 atom stereocenters. The van der Waals surface area contributed by atoms with Gasteiger partial charge in [0.2, 0.25) is 5.91 Å². The zero-order valence-electron chi connectivity index (χ0n) is 15.3. The van der Waals surface area contributed by atoms with Gasteiger partial charge in [0.05, 0.1) is 0 Å². The number of unbranched alkanes of at least 4 members (excludes halogenated alkanes) is 3. The average molecular weight is 325 g/mol. The Morgan fingerprint density at radius 1 is 1.04 bits per heavy atom. The molecular weight excluding hydrogens is 288 g/mol. The van der Waals surface area contributed by atoms with Crippen molar-refractivity contribution in [1.29, 1.82) is 0 Å². The number of guanidine groups is 1. The number of nitrogens with zero attached hydrogens (tertiary/aromatic N) is 1.